The number of hydrogen-bond acceptors (Lipinski definition) is 2. The highest BCUT2D eigenvalue weighted by molar-refractivity contribution is 5.79. The molecule has 0 aliphatic rings. The SMILES string of the molecule is CCN=C(C)N(CC)CCO. The Kier molecular flexibility index (Phi) is 5.84. The Morgan fingerprint density at radius 1 is 1.45 bits per heavy atom. The van der Waals surface area contributed by atoms with Gasteiger partial charge in [0.25, 0.3) is 0 Å². The van der Waals surface area contributed by atoms with Crippen LogP contribution >= 0.6 is 0 Å². The van der Waals surface area contributed by atoms with Gasteiger partial charge in [0.15, 0.2) is 0 Å². The summed E-state index contributed by atoms with van der Waals surface area (Å²) in [6, 6.07) is 0. The van der Waals surface area contributed by atoms with E-state index in [4.69, 9.17) is 5.11 Å². The average Bonchev–Trinajstić information content (AvgIpc) is 2.00. The molecular formula is C8H18N2O. The van der Waals surface area contributed by atoms with Crippen molar-refractivity contribution in [3.8, 4) is 0 Å². The van der Waals surface area contributed by atoms with E-state index in [-0.39, 0.29) is 6.61 Å². The molecule has 0 atom stereocenters. The third-order valence-corrected chi connectivity index (χ3v) is 1.60. The summed E-state index contributed by atoms with van der Waals surface area (Å²) in [6.45, 7) is 8.66. The molecule has 0 saturated heterocycles. The van der Waals surface area contributed by atoms with Gasteiger partial charge in [-0.3, -0.25) is 4.99 Å². The van der Waals surface area contributed by atoms with Crippen molar-refractivity contribution in [2.24, 2.45) is 4.99 Å². The number of amidine groups is 1. The maximum absolute atomic E-state index is 8.69. The van der Waals surface area contributed by atoms with Crippen LogP contribution in [0.1, 0.15) is 20.8 Å². The monoisotopic (exact) mass is 158 g/mol. The van der Waals surface area contributed by atoms with Crippen LogP contribution in [0.3, 0.4) is 0 Å². The number of aliphatic imine (C=N–C) groups is 1. The number of hydrogen-bond donors (Lipinski definition) is 1. The topological polar surface area (TPSA) is 35.8 Å². The molecule has 0 fully saturated rings. The van der Waals surface area contributed by atoms with Gasteiger partial charge in [0.2, 0.25) is 0 Å². The molecule has 0 aliphatic carbocycles. The smallest absolute Gasteiger partial charge is 0.0958 e. The standard InChI is InChI=1S/C8H18N2O/c1-4-9-8(3)10(5-2)6-7-11/h11H,4-7H2,1-3H3. The van der Waals surface area contributed by atoms with Gasteiger partial charge in [0.1, 0.15) is 0 Å². The summed E-state index contributed by atoms with van der Waals surface area (Å²) < 4.78 is 0. The molecule has 11 heavy (non-hydrogen) atoms. The fraction of sp³-hybridized carbons (Fsp3) is 0.875. The molecule has 0 radical (unpaired) electrons. The van der Waals surface area contributed by atoms with Crippen molar-refractivity contribution in [3.63, 3.8) is 0 Å². The second-order valence-electron chi connectivity index (χ2n) is 2.32. The van der Waals surface area contributed by atoms with Gasteiger partial charge in [-0.15, -0.1) is 0 Å². The molecule has 0 aliphatic heterocycles. The number of aliphatic hydroxyl groups excluding tert-OH is 1. The van der Waals surface area contributed by atoms with Crippen LogP contribution < -0.4 is 0 Å². The molecule has 0 unspecified atom stereocenters. The number of nitrogens with zero attached hydrogens (tertiary/aromatic N) is 2. The van der Waals surface area contributed by atoms with E-state index in [9.17, 15) is 0 Å². The van der Waals surface area contributed by atoms with Gasteiger partial charge in [-0.25, -0.2) is 0 Å². The lowest BCUT2D eigenvalue weighted by molar-refractivity contribution is 0.252. The predicted molar refractivity (Wildman–Crippen MR) is 48.0 cm³/mol. The minimum absolute atomic E-state index is 0.199. The van der Waals surface area contributed by atoms with Gasteiger partial charge in [0, 0.05) is 19.6 Å². The van der Waals surface area contributed by atoms with E-state index in [2.05, 4.69) is 16.8 Å². The largest absolute Gasteiger partial charge is 0.395 e. The second-order valence-corrected chi connectivity index (χ2v) is 2.32. The van der Waals surface area contributed by atoms with E-state index < -0.39 is 0 Å². The first-order valence-electron chi connectivity index (χ1n) is 4.13. The molecule has 0 spiro atoms. The summed E-state index contributed by atoms with van der Waals surface area (Å²) >= 11 is 0. The van der Waals surface area contributed by atoms with E-state index >= 15 is 0 Å². The molecule has 0 saturated carbocycles. The summed E-state index contributed by atoms with van der Waals surface area (Å²) in [5, 5.41) is 8.69. The van der Waals surface area contributed by atoms with E-state index in [0.29, 0.717) is 6.54 Å². The lowest BCUT2D eigenvalue weighted by Crippen LogP contribution is -2.31. The van der Waals surface area contributed by atoms with Crippen molar-refractivity contribution in [2.45, 2.75) is 20.8 Å². The summed E-state index contributed by atoms with van der Waals surface area (Å²) in [5.74, 6) is 1.02. The average molecular weight is 158 g/mol. The first-order chi connectivity index (χ1) is 5.26. The van der Waals surface area contributed by atoms with Gasteiger partial charge < -0.3 is 10.0 Å². The molecule has 0 amide bonds. The number of rotatable bonds is 4. The highest BCUT2D eigenvalue weighted by Gasteiger charge is 2.00. The van der Waals surface area contributed by atoms with Crippen LogP contribution in [-0.4, -0.2) is 42.1 Å². The van der Waals surface area contributed by atoms with Crippen LogP contribution in [0.4, 0.5) is 0 Å². The van der Waals surface area contributed by atoms with Crippen molar-refractivity contribution < 1.29 is 5.11 Å². The van der Waals surface area contributed by atoms with Crippen molar-refractivity contribution in [1.82, 2.24) is 4.90 Å². The molecular weight excluding hydrogens is 140 g/mol. The molecule has 66 valence electrons. The highest BCUT2D eigenvalue weighted by Crippen LogP contribution is 1.90. The first-order valence-corrected chi connectivity index (χ1v) is 4.13. The van der Waals surface area contributed by atoms with Crippen LogP contribution in [-0.2, 0) is 0 Å². The van der Waals surface area contributed by atoms with Gasteiger partial charge in [0.05, 0.1) is 12.4 Å². The lowest BCUT2D eigenvalue weighted by atomic mass is 10.4. The second kappa shape index (κ2) is 6.16. The van der Waals surface area contributed by atoms with Crippen molar-refractivity contribution in [1.29, 1.82) is 0 Å². The molecule has 0 rings (SSSR count). The molecule has 3 nitrogen and oxygen atoms in total. The summed E-state index contributed by atoms with van der Waals surface area (Å²) in [5.41, 5.74) is 0. The Bertz CT molecular complexity index is 123. The van der Waals surface area contributed by atoms with Gasteiger partial charge in [-0.2, -0.15) is 0 Å². The minimum atomic E-state index is 0.199. The fourth-order valence-corrected chi connectivity index (χ4v) is 0.998. The van der Waals surface area contributed by atoms with Crippen LogP contribution in [0.2, 0.25) is 0 Å². The number of aliphatic hydroxyl groups is 1. The Morgan fingerprint density at radius 2 is 2.09 bits per heavy atom. The third kappa shape index (κ3) is 3.98. The van der Waals surface area contributed by atoms with Gasteiger partial charge in [-0.05, 0) is 20.8 Å². The zero-order chi connectivity index (χ0) is 8.69. The Morgan fingerprint density at radius 3 is 2.45 bits per heavy atom. The zero-order valence-corrected chi connectivity index (χ0v) is 7.67. The Labute approximate surface area is 68.7 Å². The number of likely N-dealkylation sites (N-methyl/N-ethyl adjacent to an activating group) is 1. The van der Waals surface area contributed by atoms with Gasteiger partial charge in [-0.1, -0.05) is 0 Å². The third-order valence-electron chi connectivity index (χ3n) is 1.60. The first kappa shape index (κ1) is 10.4. The zero-order valence-electron chi connectivity index (χ0n) is 7.67. The maximum atomic E-state index is 8.69. The van der Waals surface area contributed by atoms with E-state index in [0.717, 1.165) is 18.9 Å². The predicted octanol–water partition coefficient (Wildman–Crippen LogP) is 0.739. The van der Waals surface area contributed by atoms with Crippen LogP contribution in [0.25, 0.3) is 0 Å². The van der Waals surface area contributed by atoms with Crippen LogP contribution in [0, 0.1) is 0 Å². The van der Waals surface area contributed by atoms with Crippen molar-refractivity contribution in [3.05, 3.63) is 0 Å². The molecule has 0 aromatic carbocycles. The molecule has 0 heterocycles. The maximum Gasteiger partial charge on any atom is 0.0958 e. The summed E-state index contributed by atoms with van der Waals surface area (Å²) in [7, 11) is 0. The van der Waals surface area contributed by atoms with E-state index in [1.807, 2.05) is 13.8 Å². The van der Waals surface area contributed by atoms with E-state index in [1.54, 1.807) is 0 Å². The quantitative estimate of drug-likeness (QED) is 0.484. The molecule has 0 aromatic rings. The summed E-state index contributed by atoms with van der Waals surface area (Å²) in [4.78, 5) is 6.30. The van der Waals surface area contributed by atoms with Crippen LogP contribution in [0.5, 0.6) is 0 Å². The Hall–Kier alpha value is -0.570. The Balaban J connectivity index is 3.90. The molecule has 3 heteroatoms. The van der Waals surface area contributed by atoms with Crippen molar-refractivity contribution in [2.75, 3.05) is 26.2 Å². The molecule has 1 N–H and O–H groups in total. The minimum Gasteiger partial charge on any atom is -0.395 e. The lowest BCUT2D eigenvalue weighted by Gasteiger charge is -2.20. The van der Waals surface area contributed by atoms with Crippen LogP contribution in [0.15, 0.2) is 4.99 Å². The summed E-state index contributed by atoms with van der Waals surface area (Å²) in [6.07, 6.45) is 0. The normalized spacial score (nSPS) is 11.8. The van der Waals surface area contributed by atoms with E-state index in [1.165, 1.54) is 0 Å². The highest BCUT2D eigenvalue weighted by atomic mass is 16.3. The molecule has 0 aromatic heterocycles. The fourth-order valence-electron chi connectivity index (χ4n) is 0.998. The molecule has 0 bridgehead atoms. The van der Waals surface area contributed by atoms with Gasteiger partial charge >= 0.3 is 0 Å². The van der Waals surface area contributed by atoms with Crippen molar-refractivity contribution >= 4 is 5.84 Å².